The van der Waals surface area contributed by atoms with Gasteiger partial charge in [-0.3, -0.25) is 4.79 Å². The van der Waals surface area contributed by atoms with Crippen molar-refractivity contribution in [3.05, 3.63) is 29.8 Å². The van der Waals surface area contributed by atoms with Gasteiger partial charge in [0.05, 0.1) is 10.8 Å². The van der Waals surface area contributed by atoms with E-state index in [2.05, 4.69) is 5.32 Å². The number of carbonyl (C=O) groups excluding carboxylic acids is 1. The minimum Gasteiger partial charge on any atom is -0.351 e. The quantitative estimate of drug-likeness (QED) is 0.920. The molecule has 2 rings (SSSR count). The van der Waals surface area contributed by atoms with Crippen LogP contribution in [0.3, 0.4) is 0 Å². The van der Waals surface area contributed by atoms with E-state index in [1.807, 2.05) is 27.7 Å². The van der Waals surface area contributed by atoms with E-state index < -0.39 is 10.0 Å². The highest BCUT2D eigenvalue weighted by molar-refractivity contribution is 7.89. The van der Waals surface area contributed by atoms with Gasteiger partial charge in [-0.15, -0.1) is 0 Å². The van der Waals surface area contributed by atoms with Crippen molar-refractivity contribution in [2.45, 2.75) is 51.0 Å². The van der Waals surface area contributed by atoms with Crippen molar-refractivity contribution >= 4 is 15.9 Å². The monoisotopic (exact) mass is 338 g/mol. The summed E-state index contributed by atoms with van der Waals surface area (Å²) in [6.45, 7) is 8.41. The Morgan fingerprint density at radius 3 is 2.39 bits per heavy atom. The maximum atomic E-state index is 12.7. The van der Waals surface area contributed by atoms with Gasteiger partial charge in [0.2, 0.25) is 15.9 Å². The molecule has 0 aromatic heterocycles. The largest absolute Gasteiger partial charge is 0.351 e. The minimum absolute atomic E-state index is 0.0682. The second-order valence-corrected chi connectivity index (χ2v) is 9.19. The number of sulfonamides is 1. The average molecular weight is 338 g/mol. The number of benzene rings is 1. The molecule has 1 atom stereocenters. The Hall–Kier alpha value is -1.40. The Kier molecular flexibility index (Phi) is 5.16. The summed E-state index contributed by atoms with van der Waals surface area (Å²) in [5.41, 5.74) is 0.708. The first kappa shape index (κ1) is 17.9. The lowest BCUT2D eigenvalue weighted by atomic mass is 9.97. The molecule has 0 bridgehead atoms. The van der Waals surface area contributed by atoms with Crippen molar-refractivity contribution in [3.63, 3.8) is 0 Å². The molecule has 0 saturated carbocycles. The zero-order valence-electron chi connectivity index (χ0n) is 14.3. The van der Waals surface area contributed by atoms with Gasteiger partial charge in [0.15, 0.2) is 0 Å². The molecule has 0 unspecified atom stereocenters. The van der Waals surface area contributed by atoms with E-state index in [0.717, 1.165) is 12.0 Å². The molecule has 1 aromatic rings. The van der Waals surface area contributed by atoms with Gasteiger partial charge < -0.3 is 5.32 Å². The molecule has 0 aliphatic carbocycles. The predicted molar refractivity (Wildman–Crippen MR) is 90.6 cm³/mol. The fourth-order valence-electron chi connectivity index (χ4n) is 2.71. The molecule has 1 saturated heterocycles. The Morgan fingerprint density at radius 2 is 1.83 bits per heavy atom. The number of amides is 1. The molecule has 1 heterocycles. The molecule has 1 fully saturated rings. The Morgan fingerprint density at radius 1 is 1.22 bits per heavy atom. The van der Waals surface area contributed by atoms with Crippen LogP contribution in [0.4, 0.5) is 0 Å². The fraction of sp³-hybridized carbons (Fsp3) is 0.588. The van der Waals surface area contributed by atoms with Crippen LogP contribution >= 0.6 is 0 Å². The van der Waals surface area contributed by atoms with E-state index in [1.165, 1.54) is 4.31 Å². The van der Waals surface area contributed by atoms with Gasteiger partial charge in [-0.25, -0.2) is 8.42 Å². The van der Waals surface area contributed by atoms with E-state index in [0.29, 0.717) is 17.9 Å². The topological polar surface area (TPSA) is 66.5 Å². The Bertz CT molecular complexity index is 660. The molecule has 23 heavy (non-hydrogen) atoms. The first-order chi connectivity index (χ1) is 10.6. The van der Waals surface area contributed by atoms with Crippen LogP contribution in [-0.2, 0) is 14.8 Å². The van der Waals surface area contributed by atoms with Gasteiger partial charge in [-0.2, -0.15) is 4.31 Å². The van der Waals surface area contributed by atoms with Crippen molar-refractivity contribution in [2.24, 2.45) is 5.92 Å². The molecular formula is C17H26N2O3S. The van der Waals surface area contributed by atoms with Crippen LogP contribution in [0.2, 0.25) is 0 Å². The zero-order valence-corrected chi connectivity index (χ0v) is 15.1. The average Bonchev–Trinajstić information content (AvgIpc) is 2.46. The number of carbonyl (C=O) groups is 1. The normalized spacial score (nSPS) is 20.3. The van der Waals surface area contributed by atoms with Crippen LogP contribution in [0.5, 0.6) is 0 Å². The molecule has 1 N–H and O–H groups in total. The lowest BCUT2D eigenvalue weighted by Gasteiger charge is -2.33. The van der Waals surface area contributed by atoms with Gasteiger partial charge in [-0.05, 0) is 52.7 Å². The summed E-state index contributed by atoms with van der Waals surface area (Å²) >= 11 is 0. The summed E-state index contributed by atoms with van der Waals surface area (Å²) in [7, 11) is -3.54. The molecule has 1 aliphatic rings. The fourth-order valence-corrected chi connectivity index (χ4v) is 4.23. The Labute approximate surface area is 139 Å². The summed E-state index contributed by atoms with van der Waals surface area (Å²) in [5, 5.41) is 2.95. The van der Waals surface area contributed by atoms with Crippen molar-refractivity contribution in [3.8, 4) is 0 Å². The second-order valence-electron chi connectivity index (χ2n) is 7.25. The van der Waals surface area contributed by atoms with Crippen LogP contribution in [0.15, 0.2) is 29.2 Å². The minimum atomic E-state index is -3.54. The summed E-state index contributed by atoms with van der Waals surface area (Å²) in [6.07, 6.45) is 1.43. The molecule has 1 amide bonds. The summed E-state index contributed by atoms with van der Waals surface area (Å²) in [5.74, 6) is -0.357. The second kappa shape index (κ2) is 6.61. The number of hydrogen-bond donors (Lipinski definition) is 1. The molecule has 128 valence electrons. The number of nitrogens with zero attached hydrogens (tertiary/aromatic N) is 1. The molecule has 6 heteroatoms. The molecule has 0 spiro atoms. The lowest BCUT2D eigenvalue weighted by molar-refractivity contribution is -0.127. The lowest BCUT2D eigenvalue weighted by Crippen LogP contribution is -2.49. The first-order valence-corrected chi connectivity index (χ1v) is 9.42. The van der Waals surface area contributed by atoms with Gasteiger partial charge in [0, 0.05) is 18.6 Å². The molecule has 1 aromatic carbocycles. The standard InChI is InChI=1S/C17H26N2O3S/c1-13-7-9-15(10-8-13)23(21,22)19-11-5-6-14(12-19)16(20)18-17(2,3)4/h7-10,14H,5-6,11-12H2,1-4H3,(H,18,20)/t14-/m0/s1. The van der Waals surface area contributed by atoms with Gasteiger partial charge >= 0.3 is 0 Å². The molecule has 5 nitrogen and oxygen atoms in total. The van der Waals surface area contributed by atoms with E-state index >= 15 is 0 Å². The van der Waals surface area contributed by atoms with E-state index in [1.54, 1.807) is 24.3 Å². The van der Waals surface area contributed by atoms with Crippen LogP contribution in [0, 0.1) is 12.8 Å². The van der Waals surface area contributed by atoms with Gasteiger partial charge in [-0.1, -0.05) is 17.7 Å². The van der Waals surface area contributed by atoms with Crippen molar-refractivity contribution in [2.75, 3.05) is 13.1 Å². The Balaban J connectivity index is 2.14. The number of aryl methyl sites for hydroxylation is 1. The maximum absolute atomic E-state index is 12.7. The third kappa shape index (κ3) is 4.54. The number of nitrogens with one attached hydrogen (secondary N) is 1. The van der Waals surface area contributed by atoms with E-state index in [9.17, 15) is 13.2 Å². The third-order valence-electron chi connectivity index (χ3n) is 3.91. The molecule has 1 aliphatic heterocycles. The van der Waals surface area contributed by atoms with E-state index in [-0.39, 0.29) is 23.9 Å². The molecular weight excluding hydrogens is 312 g/mol. The van der Waals surface area contributed by atoms with Crippen LogP contribution in [-0.4, -0.2) is 37.3 Å². The van der Waals surface area contributed by atoms with Gasteiger partial charge in [0.25, 0.3) is 0 Å². The third-order valence-corrected chi connectivity index (χ3v) is 5.79. The first-order valence-electron chi connectivity index (χ1n) is 7.98. The SMILES string of the molecule is Cc1ccc(S(=O)(=O)N2CCC[C@H](C(=O)NC(C)(C)C)C2)cc1. The van der Waals surface area contributed by atoms with Crippen molar-refractivity contribution < 1.29 is 13.2 Å². The summed E-state index contributed by atoms with van der Waals surface area (Å²) in [4.78, 5) is 12.6. The smallest absolute Gasteiger partial charge is 0.243 e. The highest BCUT2D eigenvalue weighted by Crippen LogP contribution is 2.24. The number of rotatable bonds is 3. The highest BCUT2D eigenvalue weighted by Gasteiger charge is 2.34. The highest BCUT2D eigenvalue weighted by atomic mass is 32.2. The maximum Gasteiger partial charge on any atom is 0.243 e. The van der Waals surface area contributed by atoms with Gasteiger partial charge in [0.1, 0.15) is 0 Å². The van der Waals surface area contributed by atoms with Crippen LogP contribution < -0.4 is 5.32 Å². The van der Waals surface area contributed by atoms with Crippen LogP contribution in [0.1, 0.15) is 39.2 Å². The van der Waals surface area contributed by atoms with Crippen molar-refractivity contribution in [1.29, 1.82) is 0 Å². The molecule has 0 radical (unpaired) electrons. The van der Waals surface area contributed by atoms with Crippen molar-refractivity contribution in [1.82, 2.24) is 9.62 Å². The number of hydrogen-bond acceptors (Lipinski definition) is 3. The predicted octanol–water partition coefficient (Wildman–Crippen LogP) is 2.31. The number of piperidine rings is 1. The summed E-state index contributed by atoms with van der Waals surface area (Å²) < 4.78 is 26.9. The van der Waals surface area contributed by atoms with E-state index in [4.69, 9.17) is 0 Å². The summed E-state index contributed by atoms with van der Waals surface area (Å²) in [6, 6.07) is 6.84. The van der Waals surface area contributed by atoms with Crippen LogP contribution in [0.25, 0.3) is 0 Å². The zero-order chi connectivity index (χ0) is 17.3.